The molecule has 1 saturated carbocycles. The Morgan fingerprint density at radius 2 is 1.60 bits per heavy atom. The summed E-state index contributed by atoms with van der Waals surface area (Å²) >= 11 is 0. The highest BCUT2D eigenvalue weighted by Crippen LogP contribution is 2.65. The van der Waals surface area contributed by atoms with E-state index in [9.17, 15) is 24.3 Å². The van der Waals surface area contributed by atoms with Crippen LogP contribution in [0.2, 0.25) is 0 Å². The number of amides is 4. The number of phenols is 1. The molecule has 7 nitrogen and oxygen atoms in total. The highest BCUT2D eigenvalue weighted by Gasteiger charge is 2.68. The Kier molecular flexibility index (Phi) is 5.33. The average Bonchev–Trinajstić information content (AvgIpc) is 3.33. The molecule has 0 radical (unpaired) electrons. The van der Waals surface area contributed by atoms with Gasteiger partial charge in [0.25, 0.3) is 0 Å². The van der Waals surface area contributed by atoms with Crippen LogP contribution in [0.1, 0.15) is 38.2 Å². The number of aromatic hydroxyl groups is 1. The van der Waals surface area contributed by atoms with Gasteiger partial charge in [0.15, 0.2) is 0 Å². The molecule has 7 heteroatoms. The molecule has 4 aliphatic rings. The summed E-state index contributed by atoms with van der Waals surface area (Å²) in [6, 6.07) is 20.1. The zero-order valence-corrected chi connectivity index (χ0v) is 22.4. The third-order valence-corrected chi connectivity index (χ3v) is 9.93. The van der Waals surface area contributed by atoms with Gasteiger partial charge >= 0.3 is 0 Å². The maximum Gasteiger partial charge on any atom is 0.241 e. The first-order chi connectivity index (χ1) is 19.3. The van der Waals surface area contributed by atoms with Crippen molar-refractivity contribution in [3.8, 4) is 5.75 Å². The van der Waals surface area contributed by atoms with Crippen LogP contribution in [-0.4, -0.2) is 40.2 Å². The minimum Gasteiger partial charge on any atom is -0.508 e. The summed E-state index contributed by atoms with van der Waals surface area (Å²) in [5, 5.41) is 13.1. The SMILES string of the molecule is CCN1C(=O)[C@H]2[C@H](CC=C3[C@H]2C[C@H]2C(=O)N(c4ccccc4)C(=O)[C@@]2(C)[C@H]3c2c(O)ccc3ccccc23)C1=O. The third-order valence-electron chi connectivity index (χ3n) is 9.93. The summed E-state index contributed by atoms with van der Waals surface area (Å²) in [4.78, 5) is 58.1. The molecule has 3 aromatic carbocycles. The van der Waals surface area contributed by atoms with E-state index in [1.165, 1.54) is 9.80 Å². The Hall–Kier alpha value is -4.26. The molecule has 0 aromatic heterocycles. The van der Waals surface area contributed by atoms with Crippen LogP contribution in [-0.2, 0) is 19.2 Å². The quantitative estimate of drug-likeness (QED) is 0.385. The number of hydrogen-bond acceptors (Lipinski definition) is 5. The molecule has 2 aliphatic heterocycles. The van der Waals surface area contributed by atoms with Gasteiger partial charge in [0.1, 0.15) is 5.75 Å². The van der Waals surface area contributed by atoms with Crippen molar-refractivity contribution in [2.24, 2.45) is 29.1 Å². The molecule has 0 bridgehead atoms. The Morgan fingerprint density at radius 1 is 0.875 bits per heavy atom. The van der Waals surface area contributed by atoms with Crippen LogP contribution < -0.4 is 4.90 Å². The summed E-state index contributed by atoms with van der Waals surface area (Å²) in [6.45, 7) is 3.95. The van der Waals surface area contributed by atoms with E-state index in [1.807, 2.05) is 49.4 Å². The van der Waals surface area contributed by atoms with E-state index >= 15 is 0 Å². The molecule has 2 heterocycles. The van der Waals surface area contributed by atoms with Gasteiger partial charge in [-0.2, -0.15) is 0 Å². The van der Waals surface area contributed by atoms with E-state index in [1.54, 1.807) is 37.3 Å². The van der Waals surface area contributed by atoms with E-state index in [0.717, 1.165) is 16.3 Å². The van der Waals surface area contributed by atoms with Gasteiger partial charge in [0, 0.05) is 18.0 Å². The average molecular weight is 535 g/mol. The van der Waals surface area contributed by atoms with Crippen LogP contribution in [0.15, 0.2) is 78.4 Å². The first-order valence-electron chi connectivity index (χ1n) is 14.0. The predicted octanol–water partition coefficient (Wildman–Crippen LogP) is 4.80. The van der Waals surface area contributed by atoms with Gasteiger partial charge in [0.05, 0.1) is 28.9 Å². The van der Waals surface area contributed by atoms with Crippen molar-refractivity contribution >= 4 is 40.1 Å². The Labute approximate surface area is 232 Å². The molecule has 4 amide bonds. The number of allylic oxidation sites excluding steroid dienone is 2. The second-order valence-corrected chi connectivity index (χ2v) is 11.6. The molecule has 0 unspecified atom stereocenters. The van der Waals surface area contributed by atoms with E-state index < -0.39 is 29.1 Å². The lowest BCUT2D eigenvalue weighted by Crippen LogP contribution is -2.49. The molecule has 2 aliphatic carbocycles. The molecule has 0 spiro atoms. The molecule has 1 N–H and O–H groups in total. The van der Waals surface area contributed by atoms with Crippen molar-refractivity contribution in [3.05, 3.63) is 83.9 Å². The van der Waals surface area contributed by atoms with Gasteiger partial charge in [-0.3, -0.25) is 24.1 Å². The number of imide groups is 2. The smallest absolute Gasteiger partial charge is 0.241 e. The van der Waals surface area contributed by atoms with Crippen LogP contribution in [0.4, 0.5) is 5.69 Å². The molecule has 3 aromatic rings. The number of carbonyl (C=O) groups excluding carboxylic acids is 4. The molecular formula is C33H30N2O5. The van der Waals surface area contributed by atoms with Gasteiger partial charge < -0.3 is 5.11 Å². The number of carbonyl (C=O) groups is 4. The van der Waals surface area contributed by atoms with Crippen molar-refractivity contribution in [3.63, 3.8) is 0 Å². The van der Waals surface area contributed by atoms with Gasteiger partial charge in [-0.05, 0) is 61.6 Å². The largest absolute Gasteiger partial charge is 0.508 e. The molecule has 2 saturated heterocycles. The number of rotatable bonds is 3. The van der Waals surface area contributed by atoms with Crippen LogP contribution in [0, 0.1) is 29.1 Å². The standard InChI is InChI=1S/C33H30N2O5/c1-3-34-29(37)22-15-14-21-23(26(22)31(34)39)17-24-30(38)35(19-10-5-4-6-11-19)32(40)33(24,2)28(21)27-20-12-8-7-9-18(20)13-16-25(27)36/h4-14,16,22-24,26,28,36H,3,15,17H2,1-2H3/t22-,23+,24-,26-,28+,33+/m0/s1. The van der Waals surface area contributed by atoms with Crippen molar-refractivity contribution in [2.45, 2.75) is 32.6 Å². The second-order valence-electron chi connectivity index (χ2n) is 11.6. The van der Waals surface area contributed by atoms with E-state index in [4.69, 9.17) is 0 Å². The van der Waals surface area contributed by atoms with Crippen LogP contribution in [0.3, 0.4) is 0 Å². The number of hydrogen-bond donors (Lipinski definition) is 1. The molecule has 7 rings (SSSR count). The summed E-state index contributed by atoms with van der Waals surface area (Å²) in [5.74, 6) is -3.72. The number of para-hydroxylation sites is 1. The van der Waals surface area contributed by atoms with Crippen LogP contribution in [0.5, 0.6) is 5.75 Å². The predicted molar refractivity (Wildman–Crippen MR) is 149 cm³/mol. The summed E-state index contributed by atoms with van der Waals surface area (Å²) in [5.41, 5.74) is 0.787. The van der Waals surface area contributed by atoms with Gasteiger partial charge in [-0.25, -0.2) is 4.90 Å². The summed E-state index contributed by atoms with van der Waals surface area (Å²) < 4.78 is 0. The highest BCUT2D eigenvalue weighted by atomic mass is 16.3. The normalized spacial score (nSPS) is 31.4. The van der Waals surface area contributed by atoms with Crippen LogP contribution >= 0.6 is 0 Å². The molecule has 6 atom stereocenters. The molecular weight excluding hydrogens is 504 g/mol. The van der Waals surface area contributed by atoms with Crippen LogP contribution in [0.25, 0.3) is 10.8 Å². The van der Waals surface area contributed by atoms with Crippen molar-refractivity contribution in [1.82, 2.24) is 4.90 Å². The number of fused-ring (bicyclic) bond motifs is 5. The van der Waals surface area contributed by atoms with Gasteiger partial charge in [-0.1, -0.05) is 60.2 Å². The van der Waals surface area contributed by atoms with Gasteiger partial charge in [-0.15, -0.1) is 0 Å². The topological polar surface area (TPSA) is 95.0 Å². The highest BCUT2D eigenvalue weighted by molar-refractivity contribution is 6.24. The van der Waals surface area contributed by atoms with E-state index in [0.29, 0.717) is 30.6 Å². The van der Waals surface area contributed by atoms with Gasteiger partial charge in [0.2, 0.25) is 23.6 Å². The summed E-state index contributed by atoms with van der Waals surface area (Å²) in [6.07, 6.45) is 2.72. The summed E-state index contributed by atoms with van der Waals surface area (Å²) in [7, 11) is 0. The van der Waals surface area contributed by atoms with E-state index in [2.05, 4.69) is 0 Å². The number of nitrogens with zero attached hydrogens (tertiary/aromatic N) is 2. The maximum atomic E-state index is 14.5. The lowest BCUT2D eigenvalue weighted by atomic mass is 9.51. The first kappa shape index (κ1) is 24.8. The third kappa shape index (κ3) is 3.06. The minimum absolute atomic E-state index is 0.0507. The lowest BCUT2D eigenvalue weighted by molar-refractivity contribution is -0.140. The minimum atomic E-state index is -1.19. The molecule has 3 fully saturated rings. The fourth-order valence-corrected chi connectivity index (χ4v) is 8.11. The van der Waals surface area contributed by atoms with E-state index in [-0.39, 0.29) is 35.3 Å². The lowest BCUT2D eigenvalue weighted by Gasteiger charge is -2.49. The maximum absolute atomic E-state index is 14.5. The Balaban J connectivity index is 1.48. The Bertz CT molecular complexity index is 1650. The fourth-order valence-electron chi connectivity index (χ4n) is 8.11. The van der Waals surface area contributed by atoms with Crippen molar-refractivity contribution in [2.75, 3.05) is 11.4 Å². The Morgan fingerprint density at radius 3 is 2.35 bits per heavy atom. The van der Waals surface area contributed by atoms with Crippen molar-refractivity contribution in [1.29, 1.82) is 0 Å². The van der Waals surface area contributed by atoms with Crippen molar-refractivity contribution < 1.29 is 24.3 Å². The number of phenolic OH excluding ortho intramolecular Hbond substituents is 1. The fraction of sp³-hybridized carbons (Fsp3) is 0.333. The molecule has 202 valence electrons. The number of benzene rings is 3. The number of anilines is 1. The zero-order chi connectivity index (χ0) is 27.9. The molecule has 40 heavy (non-hydrogen) atoms. The number of likely N-dealkylation sites (tertiary alicyclic amines) is 1. The second kappa shape index (κ2) is 8.62. The monoisotopic (exact) mass is 534 g/mol. The first-order valence-corrected chi connectivity index (χ1v) is 14.0. The zero-order valence-electron chi connectivity index (χ0n) is 22.4.